The lowest BCUT2D eigenvalue weighted by Crippen LogP contribution is -2.13. The first-order valence-electron chi connectivity index (χ1n) is 5.53. The van der Waals surface area contributed by atoms with Crippen LogP contribution in [0.3, 0.4) is 0 Å². The minimum absolute atomic E-state index is 0.640. The first-order valence-corrected chi connectivity index (χ1v) is 5.53. The third kappa shape index (κ3) is 4.70. The van der Waals surface area contributed by atoms with Crippen LogP contribution >= 0.6 is 0 Å². The van der Waals surface area contributed by atoms with Gasteiger partial charge in [0.15, 0.2) is 0 Å². The smallest absolute Gasteiger partial charge is 0.121 e. The Labute approximate surface area is 91.6 Å². The van der Waals surface area contributed by atoms with Crippen molar-refractivity contribution < 1.29 is 4.74 Å². The van der Waals surface area contributed by atoms with Gasteiger partial charge in [-0.2, -0.15) is 0 Å². The lowest BCUT2D eigenvalue weighted by Gasteiger charge is -2.08. The number of anilines is 1. The molecular weight excluding hydrogens is 188 g/mol. The summed E-state index contributed by atoms with van der Waals surface area (Å²) in [4.78, 5) is 0. The van der Waals surface area contributed by atoms with Gasteiger partial charge in [0.25, 0.3) is 0 Å². The molecule has 3 nitrogen and oxygen atoms in total. The molecule has 15 heavy (non-hydrogen) atoms. The minimum Gasteiger partial charge on any atom is -0.494 e. The summed E-state index contributed by atoms with van der Waals surface area (Å²) in [6.07, 6.45) is 2.26. The minimum atomic E-state index is 0.640. The normalized spacial score (nSPS) is 10.0. The van der Waals surface area contributed by atoms with E-state index in [1.807, 2.05) is 24.3 Å². The third-order valence-electron chi connectivity index (χ3n) is 2.07. The predicted molar refractivity (Wildman–Crippen MR) is 64.4 cm³/mol. The summed E-state index contributed by atoms with van der Waals surface area (Å²) in [6.45, 7) is 4.37. The molecule has 84 valence electrons. The highest BCUT2D eigenvalue weighted by atomic mass is 16.5. The zero-order valence-corrected chi connectivity index (χ0v) is 9.33. The fraction of sp³-hybridized carbons (Fsp3) is 0.500. The molecule has 0 aliphatic carbocycles. The highest BCUT2D eigenvalue weighted by molar-refractivity contribution is 5.48. The van der Waals surface area contributed by atoms with Crippen molar-refractivity contribution in [2.75, 3.05) is 25.0 Å². The quantitative estimate of drug-likeness (QED) is 0.675. The van der Waals surface area contributed by atoms with Crippen LogP contribution < -0.4 is 15.8 Å². The van der Waals surface area contributed by atoms with E-state index < -0.39 is 0 Å². The van der Waals surface area contributed by atoms with Crippen LogP contribution in [0.2, 0.25) is 0 Å². The second kappa shape index (κ2) is 7.12. The molecular formula is C12H20N2O. The van der Waals surface area contributed by atoms with Crippen molar-refractivity contribution in [3.63, 3.8) is 0 Å². The van der Waals surface area contributed by atoms with E-state index in [-0.39, 0.29) is 0 Å². The van der Waals surface area contributed by atoms with E-state index in [4.69, 9.17) is 10.5 Å². The number of benzene rings is 1. The van der Waals surface area contributed by atoms with E-state index >= 15 is 0 Å². The van der Waals surface area contributed by atoms with Crippen LogP contribution in [0.1, 0.15) is 19.8 Å². The Hall–Kier alpha value is -1.22. The number of unbranched alkanes of at least 4 members (excludes halogenated alkanes) is 1. The van der Waals surface area contributed by atoms with E-state index in [9.17, 15) is 0 Å². The number of ether oxygens (including phenoxy) is 1. The average Bonchev–Trinajstić information content (AvgIpc) is 2.27. The monoisotopic (exact) mass is 208 g/mol. The Morgan fingerprint density at radius 1 is 1.40 bits per heavy atom. The van der Waals surface area contributed by atoms with Crippen LogP contribution in [-0.4, -0.2) is 19.7 Å². The van der Waals surface area contributed by atoms with Crippen molar-refractivity contribution in [3.8, 4) is 5.75 Å². The number of hydrogen-bond acceptors (Lipinski definition) is 3. The molecule has 0 heterocycles. The van der Waals surface area contributed by atoms with Gasteiger partial charge in [-0.05, 0) is 18.6 Å². The average molecular weight is 208 g/mol. The summed E-state index contributed by atoms with van der Waals surface area (Å²) >= 11 is 0. The number of nitrogens with two attached hydrogens (primary N) is 1. The lowest BCUT2D eigenvalue weighted by atomic mass is 10.3. The Kier molecular flexibility index (Phi) is 5.63. The van der Waals surface area contributed by atoms with Gasteiger partial charge in [0.1, 0.15) is 5.75 Å². The maximum atomic E-state index is 5.60. The van der Waals surface area contributed by atoms with Crippen molar-refractivity contribution in [2.24, 2.45) is 5.73 Å². The van der Waals surface area contributed by atoms with Crippen molar-refractivity contribution in [2.45, 2.75) is 19.8 Å². The van der Waals surface area contributed by atoms with Crippen molar-refractivity contribution >= 4 is 5.69 Å². The Bertz CT molecular complexity index is 276. The molecule has 3 N–H and O–H groups in total. The summed E-state index contributed by atoms with van der Waals surface area (Å²) in [6, 6.07) is 7.98. The fourth-order valence-corrected chi connectivity index (χ4v) is 1.25. The van der Waals surface area contributed by atoms with Gasteiger partial charge in [-0.25, -0.2) is 0 Å². The van der Waals surface area contributed by atoms with Gasteiger partial charge in [-0.1, -0.05) is 19.4 Å². The van der Waals surface area contributed by atoms with Crippen LogP contribution in [0.25, 0.3) is 0 Å². The standard InChI is InChI=1S/C12H20N2O/c1-2-3-9-15-12-6-4-5-11(10-12)14-8-7-13/h4-6,10,14H,2-3,7-9,13H2,1H3. The molecule has 0 unspecified atom stereocenters. The maximum Gasteiger partial charge on any atom is 0.121 e. The van der Waals surface area contributed by atoms with Crippen LogP contribution in [0.4, 0.5) is 5.69 Å². The molecule has 0 bridgehead atoms. The van der Waals surface area contributed by atoms with Crippen molar-refractivity contribution in [1.29, 1.82) is 0 Å². The fourth-order valence-electron chi connectivity index (χ4n) is 1.25. The highest BCUT2D eigenvalue weighted by Gasteiger charge is 1.95. The van der Waals surface area contributed by atoms with Gasteiger partial charge in [0.05, 0.1) is 6.61 Å². The van der Waals surface area contributed by atoms with Gasteiger partial charge < -0.3 is 15.8 Å². The SMILES string of the molecule is CCCCOc1cccc(NCCN)c1. The van der Waals surface area contributed by atoms with Gasteiger partial charge in [0, 0.05) is 24.8 Å². The summed E-state index contributed by atoms with van der Waals surface area (Å²) in [7, 11) is 0. The third-order valence-corrected chi connectivity index (χ3v) is 2.07. The summed E-state index contributed by atoms with van der Waals surface area (Å²) in [5, 5.41) is 3.22. The first kappa shape index (κ1) is 11.9. The van der Waals surface area contributed by atoms with E-state index in [0.717, 1.165) is 37.4 Å². The molecule has 0 aliphatic rings. The molecule has 0 aromatic heterocycles. The number of nitrogens with one attached hydrogen (secondary N) is 1. The largest absolute Gasteiger partial charge is 0.494 e. The molecule has 0 saturated heterocycles. The summed E-state index contributed by atoms with van der Waals surface area (Å²) in [5.41, 5.74) is 6.48. The predicted octanol–water partition coefficient (Wildman–Crippen LogP) is 2.24. The van der Waals surface area contributed by atoms with Crippen molar-refractivity contribution in [1.82, 2.24) is 0 Å². The highest BCUT2D eigenvalue weighted by Crippen LogP contribution is 2.17. The van der Waals surface area contributed by atoms with E-state index in [1.54, 1.807) is 0 Å². The van der Waals surface area contributed by atoms with Gasteiger partial charge in [0.2, 0.25) is 0 Å². The van der Waals surface area contributed by atoms with Crippen LogP contribution in [0.15, 0.2) is 24.3 Å². The van der Waals surface area contributed by atoms with Crippen molar-refractivity contribution in [3.05, 3.63) is 24.3 Å². The Morgan fingerprint density at radius 3 is 3.00 bits per heavy atom. The summed E-state index contributed by atoms with van der Waals surface area (Å²) in [5.74, 6) is 0.922. The maximum absolute atomic E-state index is 5.60. The van der Waals surface area contributed by atoms with Gasteiger partial charge in [-0.3, -0.25) is 0 Å². The first-order chi connectivity index (χ1) is 7.36. The Balaban J connectivity index is 2.42. The number of hydrogen-bond donors (Lipinski definition) is 2. The molecule has 3 heteroatoms. The van der Waals surface area contributed by atoms with Gasteiger partial charge in [-0.15, -0.1) is 0 Å². The second-order valence-electron chi connectivity index (χ2n) is 3.45. The van der Waals surface area contributed by atoms with E-state index in [2.05, 4.69) is 12.2 Å². The molecule has 0 saturated carbocycles. The topological polar surface area (TPSA) is 47.3 Å². The zero-order chi connectivity index (χ0) is 10.9. The zero-order valence-electron chi connectivity index (χ0n) is 9.33. The number of rotatable bonds is 7. The van der Waals surface area contributed by atoms with Crippen LogP contribution in [0.5, 0.6) is 5.75 Å². The lowest BCUT2D eigenvalue weighted by molar-refractivity contribution is 0.309. The van der Waals surface area contributed by atoms with Crippen LogP contribution in [-0.2, 0) is 0 Å². The molecule has 0 spiro atoms. The van der Waals surface area contributed by atoms with Gasteiger partial charge >= 0.3 is 0 Å². The molecule has 1 aromatic rings. The molecule has 0 atom stereocenters. The molecule has 0 fully saturated rings. The molecule has 1 aromatic carbocycles. The van der Waals surface area contributed by atoms with Crippen LogP contribution in [0, 0.1) is 0 Å². The van der Waals surface area contributed by atoms with E-state index in [0.29, 0.717) is 6.54 Å². The molecule has 0 radical (unpaired) electrons. The Morgan fingerprint density at radius 2 is 2.27 bits per heavy atom. The second-order valence-corrected chi connectivity index (χ2v) is 3.45. The van der Waals surface area contributed by atoms with E-state index in [1.165, 1.54) is 0 Å². The molecule has 0 aliphatic heterocycles. The molecule has 0 amide bonds. The molecule has 1 rings (SSSR count). The summed E-state index contributed by atoms with van der Waals surface area (Å²) < 4.78 is 5.60.